The molecule has 4 heteroatoms. The molecule has 1 atom stereocenters. The Kier molecular flexibility index (Phi) is 4.47. The van der Waals surface area contributed by atoms with E-state index in [0.717, 1.165) is 12.0 Å². The van der Waals surface area contributed by atoms with Crippen molar-refractivity contribution in [2.24, 2.45) is 0 Å². The van der Waals surface area contributed by atoms with Crippen molar-refractivity contribution < 1.29 is 19.7 Å². The van der Waals surface area contributed by atoms with E-state index in [-0.39, 0.29) is 23.0 Å². The minimum atomic E-state index is -0.329. The van der Waals surface area contributed by atoms with Gasteiger partial charge in [-0.2, -0.15) is 0 Å². The fourth-order valence-corrected chi connectivity index (χ4v) is 2.66. The normalized spacial score (nSPS) is 19.1. The Morgan fingerprint density at radius 1 is 1.43 bits per heavy atom. The van der Waals surface area contributed by atoms with Crippen LogP contribution in [0, 0.1) is 0 Å². The fourth-order valence-electron chi connectivity index (χ4n) is 2.66. The highest BCUT2D eigenvalue weighted by Gasteiger charge is 2.44. The van der Waals surface area contributed by atoms with Crippen LogP contribution in [-0.4, -0.2) is 29.5 Å². The lowest BCUT2D eigenvalue weighted by molar-refractivity contribution is 0.0323. The Labute approximate surface area is 126 Å². The third kappa shape index (κ3) is 2.72. The molecule has 0 saturated heterocycles. The van der Waals surface area contributed by atoms with E-state index < -0.39 is 0 Å². The molecule has 0 saturated carbocycles. The van der Waals surface area contributed by atoms with Crippen LogP contribution >= 0.6 is 0 Å². The van der Waals surface area contributed by atoms with Crippen LogP contribution < -0.4 is 4.74 Å². The summed E-state index contributed by atoms with van der Waals surface area (Å²) in [5, 5.41) is 20.5. The lowest BCUT2D eigenvalue weighted by Crippen LogP contribution is -2.36. The van der Waals surface area contributed by atoms with Gasteiger partial charge in [0.15, 0.2) is 11.5 Å². The predicted molar refractivity (Wildman–Crippen MR) is 82.2 cm³/mol. The summed E-state index contributed by atoms with van der Waals surface area (Å²) in [6.45, 7) is 10.9. The van der Waals surface area contributed by atoms with Crippen molar-refractivity contribution in [3.8, 4) is 17.2 Å². The SMILES string of the molecule is C=CCc1c(O)cc2c(c1O)OC(COCCC)C2(C)C. The first-order valence-corrected chi connectivity index (χ1v) is 7.37. The summed E-state index contributed by atoms with van der Waals surface area (Å²) in [4.78, 5) is 0. The Morgan fingerprint density at radius 3 is 2.76 bits per heavy atom. The molecule has 0 spiro atoms. The van der Waals surface area contributed by atoms with Crippen molar-refractivity contribution in [3.05, 3.63) is 29.8 Å². The highest BCUT2D eigenvalue weighted by molar-refractivity contribution is 5.62. The van der Waals surface area contributed by atoms with E-state index in [1.165, 1.54) is 0 Å². The maximum atomic E-state index is 10.4. The molecule has 0 amide bonds. The highest BCUT2D eigenvalue weighted by Crippen LogP contribution is 2.51. The third-order valence-corrected chi connectivity index (χ3v) is 4.06. The lowest BCUT2D eigenvalue weighted by Gasteiger charge is -2.25. The molecular formula is C17H24O4. The number of rotatable bonds is 6. The number of aromatic hydroxyl groups is 2. The number of phenols is 2. The van der Waals surface area contributed by atoms with Crippen LogP contribution in [0.15, 0.2) is 18.7 Å². The molecule has 2 rings (SSSR count). The van der Waals surface area contributed by atoms with Crippen molar-refractivity contribution in [1.82, 2.24) is 0 Å². The molecule has 4 nitrogen and oxygen atoms in total. The van der Waals surface area contributed by atoms with Crippen LogP contribution in [0.2, 0.25) is 0 Å². The van der Waals surface area contributed by atoms with Crippen LogP contribution in [0.1, 0.15) is 38.3 Å². The topological polar surface area (TPSA) is 58.9 Å². The first kappa shape index (κ1) is 15.7. The standard InChI is InChI=1S/C17H24O4/c1-5-7-11-13(18)9-12-16(15(11)19)21-14(17(12,3)4)10-20-8-6-2/h5,9,14,18-19H,1,6-8,10H2,2-4H3. The minimum Gasteiger partial charge on any atom is -0.508 e. The van der Waals surface area contributed by atoms with Gasteiger partial charge in [0.2, 0.25) is 0 Å². The molecule has 0 fully saturated rings. The number of fused-ring (bicyclic) bond motifs is 1. The van der Waals surface area contributed by atoms with Gasteiger partial charge in [0, 0.05) is 23.1 Å². The molecule has 2 N–H and O–H groups in total. The number of ether oxygens (including phenoxy) is 2. The zero-order valence-electron chi connectivity index (χ0n) is 13.0. The quantitative estimate of drug-likeness (QED) is 0.624. The smallest absolute Gasteiger partial charge is 0.165 e. The van der Waals surface area contributed by atoms with Gasteiger partial charge in [0.05, 0.1) is 6.61 Å². The lowest BCUT2D eigenvalue weighted by atomic mass is 9.80. The van der Waals surface area contributed by atoms with Crippen LogP contribution in [0.25, 0.3) is 0 Å². The van der Waals surface area contributed by atoms with Crippen molar-refractivity contribution in [1.29, 1.82) is 0 Å². The number of hydrogen-bond acceptors (Lipinski definition) is 4. The molecule has 0 aromatic heterocycles. The van der Waals surface area contributed by atoms with Crippen LogP contribution in [0.5, 0.6) is 17.2 Å². The molecule has 0 radical (unpaired) electrons. The first-order valence-electron chi connectivity index (χ1n) is 7.37. The Morgan fingerprint density at radius 2 is 2.14 bits per heavy atom. The molecule has 1 aromatic carbocycles. The molecule has 1 aliphatic rings. The number of phenolic OH excluding ortho intramolecular Hbond substituents is 2. The second-order valence-corrected chi connectivity index (χ2v) is 6.00. The number of allylic oxidation sites excluding steroid dienone is 1. The van der Waals surface area contributed by atoms with Crippen LogP contribution in [0.3, 0.4) is 0 Å². The van der Waals surface area contributed by atoms with E-state index in [1.807, 2.05) is 13.8 Å². The largest absolute Gasteiger partial charge is 0.508 e. The highest BCUT2D eigenvalue weighted by atomic mass is 16.5. The maximum Gasteiger partial charge on any atom is 0.165 e. The molecule has 116 valence electrons. The van der Waals surface area contributed by atoms with Gasteiger partial charge in [0.1, 0.15) is 11.9 Å². The van der Waals surface area contributed by atoms with Gasteiger partial charge in [-0.15, -0.1) is 6.58 Å². The van der Waals surface area contributed by atoms with Crippen molar-refractivity contribution in [3.63, 3.8) is 0 Å². The summed E-state index contributed by atoms with van der Waals surface area (Å²) in [7, 11) is 0. The van der Waals surface area contributed by atoms with Gasteiger partial charge in [0.25, 0.3) is 0 Å². The zero-order chi connectivity index (χ0) is 15.6. The molecule has 1 heterocycles. The second kappa shape index (κ2) is 5.98. The predicted octanol–water partition coefficient (Wildman–Crippen LogP) is 3.29. The van der Waals surface area contributed by atoms with Crippen molar-refractivity contribution >= 4 is 0 Å². The summed E-state index contributed by atoms with van der Waals surface area (Å²) >= 11 is 0. The van der Waals surface area contributed by atoms with E-state index >= 15 is 0 Å². The third-order valence-electron chi connectivity index (χ3n) is 4.06. The number of benzene rings is 1. The minimum absolute atomic E-state index is 0.0102. The van der Waals surface area contributed by atoms with Gasteiger partial charge < -0.3 is 19.7 Å². The van der Waals surface area contributed by atoms with E-state index in [1.54, 1.807) is 12.1 Å². The molecule has 21 heavy (non-hydrogen) atoms. The average Bonchev–Trinajstić information content (AvgIpc) is 2.68. The molecule has 1 unspecified atom stereocenters. The second-order valence-electron chi connectivity index (χ2n) is 6.00. The van der Waals surface area contributed by atoms with Crippen LogP contribution in [-0.2, 0) is 16.6 Å². The number of hydrogen-bond donors (Lipinski definition) is 2. The van der Waals surface area contributed by atoms with Gasteiger partial charge >= 0.3 is 0 Å². The Bertz CT molecular complexity index is 534. The zero-order valence-corrected chi connectivity index (χ0v) is 13.0. The molecule has 0 aliphatic carbocycles. The summed E-state index contributed by atoms with van der Waals surface area (Å²) in [5.74, 6) is 0.550. The molecule has 1 aromatic rings. The summed E-state index contributed by atoms with van der Waals surface area (Å²) in [5.41, 5.74) is 0.940. The van der Waals surface area contributed by atoms with Gasteiger partial charge in [-0.1, -0.05) is 26.8 Å². The molecule has 0 bridgehead atoms. The van der Waals surface area contributed by atoms with Gasteiger partial charge in [-0.3, -0.25) is 0 Å². The van der Waals surface area contributed by atoms with Gasteiger partial charge in [-0.05, 0) is 18.9 Å². The van der Waals surface area contributed by atoms with Crippen LogP contribution in [0.4, 0.5) is 0 Å². The van der Waals surface area contributed by atoms with Gasteiger partial charge in [-0.25, -0.2) is 0 Å². The monoisotopic (exact) mass is 292 g/mol. The maximum absolute atomic E-state index is 10.4. The van der Waals surface area contributed by atoms with E-state index in [4.69, 9.17) is 9.47 Å². The Hall–Kier alpha value is -1.68. The fraction of sp³-hybridized carbons (Fsp3) is 0.529. The first-order chi connectivity index (χ1) is 9.93. The Balaban J connectivity index is 2.35. The molecular weight excluding hydrogens is 268 g/mol. The summed E-state index contributed by atoms with van der Waals surface area (Å²) in [6, 6.07) is 1.69. The molecule has 1 aliphatic heterocycles. The van der Waals surface area contributed by atoms with E-state index in [2.05, 4.69) is 13.5 Å². The van der Waals surface area contributed by atoms with E-state index in [0.29, 0.717) is 30.9 Å². The summed E-state index contributed by atoms with van der Waals surface area (Å²) in [6.07, 6.45) is 2.81. The van der Waals surface area contributed by atoms with E-state index in [9.17, 15) is 10.2 Å². The van der Waals surface area contributed by atoms with Crippen molar-refractivity contribution in [2.45, 2.75) is 45.1 Å². The summed E-state index contributed by atoms with van der Waals surface area (Å²) < 4.78 is 11.5. The van der Waals surface area contributed by atoms with Crippen molar-refractivity contribution in [2.75, 3.05) is 13.2 Å². The average molecular weight is 292 g/mol.